The number of carbonyl (C=O) groups excluding carboxylic acids is 1. The van der Waals surface area contributed by atoms with Gasteiger partial charge in [-0.15, -0.1) is 0 Å². The van der Waals surface area contributed by atoms with Crippen molar-refractivity contribution in [3.63, 3.8) is 0 Å². The van der Waals surface area contributed by atoms with Gasteiger partial charge < -0.3 is 4.79 Å². The highest BCUT2D eigenvalue weighted by Gasteiger charge is 1.95. The van der Waals surface area contributed by atoms with Crippen molar-refractivity contribution in [2.24, 2.45) is 5.92 Å². The molecule has 0 aromatic heterocycles. The van der Waals surface area contributed by atoms with E-state index < -0.39 is 0 Å². The van der Waals surface area contributed by atoms with Gasteiger partial charge in [0, 0.05) is 5.92 Å². The molecular formula is C7H13O. The number of unbranched alkanes of at least 4 members (excludes halogenated alkanes) is 1. The molecular weight excluding hydrogens is 100 g/mol. The molecule has 0 aliphatic rings. The first-order chi connectivity index (χ1) is 3.81. The number of rotatable bonds is 4. The minimum Gasteiger partial charge on any atom is -0.303 e. The molecule has 1 heteroatoms. The standard InChI is InChI=1S/C7H13O/c1-3-4-5-7(2)6-8/h6-7H,2-5H2,1H3. The van der Waals surface area contributed by atoms with Crippen LogP contribution in [0.2, 0.25) is 0 Å². The third-order valence-electron chi connectivity index (χ3n) is 1.12. The fraction of sp³-hybridized carbons (Fsp3) is 0.714. The third-order valence-corrected chi connectivity index (χ3v) is 1.12. The molecule has 0 aliphatic carbocycles. The molecule has 8 heavy (non-hydrogen) atoms. The smallest absolute Gasteiger partial charge is 0.123 e. The molecule has 0 amide bonds. The Morgan fingerprint density at radius 1 is 1.75 bits per heavy atom. The molecule has 0 aromatic rings. The minimum atomic E-state index is 0.0231. The zero-order valence-electron chi connectivity index (χ0n) is 5.39. The van der Waals surface area contributed by atoms with Gasteiger partial charge in [-0.3, -0.25) is 0 Å². The summed E-state index contributed by atoms with van der Waals surface area (Å²) in [4.78, 5) is 9.95. The van der Waals surface area contributed by atoms with Crippen LogP contribution in [-0.4, -0.2) is 6.29 Å². The molecule has 0 rings (SSSR count). The highest BCUT2D eigenvalue weighted by molar-refractivity contribution is 5.54. The Morgan fingerprint density at radius 3 is 2.75 bits per heavy atom. The van der Waals surface area contributed by atoms with Crippen molar-refractivity contribution in [2.75, 3.05) is 0 Å². The molecule has 0 saturated carbocycles. The molecule has 0 bridgehead atoms. The molecule has 0 aliphatic heterocycles. The van der Waals surface area contributed by atoms with Crippen LogP contribution in [0.15, 0.2) is 0 Å². The van der Waals surface area contributed by atoms with E-state index in [1.54, 1.807) is 0 Å². The second kappa shape index (κ2) is 4.82. The number of aldehydes is 1. The van der Waals surface area contributed by atoms with Gasteiger partial charge in [0.15, 0.2) is 0 Å². The van der Waals surface area contributed by atoms with E-state index in [2.05, 4.69) is 13.8 Å². The highest BCUT2D eigenvalue weighted by Crippen LogP contribution is 2.02. The highest BCUT2D eigenvalue weighted by atomic mass is 16.1. The summed E-state index contributed by atoms with van der Waals surface area (Å²) in [6.45, 7) is 5.73. The van der Waals surface area contributed by atoms with Gasteiger partial charge in [0.1, 0.15) is 6.29 Å². The summed E-state index contributed by atoms with van der Waals surface area (Å²) in [5, 5.41) is 0. The van der Waals surface area contributed by atoms with Crippen molar-refractivity contribution in [3.05, 3.63) is 6.92 Å². The summed E-state index contributed by atoms with van der Waals surface area (Å²) >= 11 is 0. The van der Waals surface area contributed by atoms with E-state index >= 15 is 0 Å². The quantitative estimate of drug-likeness (QED) is 0.508. The van der Waals surface area contributed by atoms with E-state index in [4.69, 9.17) is 0 Å². The molecule has 47 valence electrons. The van der Waals surface area contributed by atoms with Crippen molar-refractivity contribution < 1.29 is 4.79 Å². The van der Waals surface area contributed by atoms with Gasteiger partial charge in [-0.2, -0.15) is 0 Å². The minimum absolute atomic E-state index is 0.0231. The lowest BCUT2D eigenvalue weighted by Gasteiger charge is -1.97. The van der Waals surface area contributed by atoms with Crippen molar-refractivity contribution in [1.82, 2.24) is 0 Å². The van der Waals surface area contributed by atoms with Crippen LogP contribution >= 0.6 is 0 Å². The molecule has 0 spiro atoms. The SMILES string of the molecule is [CH2]C(C=O)CCCC. The van der Waals surface area contributed by atoms with Gasteiger partial charge in [0.2, 0.25) is 0 Å². The Kier molecular flexibility index (Phi) is 4.62. The van der Waals surface area contributed by atoms with Crippen LogP contribution in [0.5, 0.6) is 0 Å². The molecule has 0 fully saturated rings. The van der Waals surface area contributed by atoms with E-state index in [-0.39, 0.29) is 5.92 Å². The van der Waals surface area contributed by atoms with Crippen molar-refractivity contribution in [3.8, 4) is 0 Å². The van der Waals surface area contributed by atoms with Gasteiger partial charge >= 0.3 is 0 Å². The summed E-state index contributed by atoms with van der Waals surface area (Å²) in [6, 6.07) is 0. The summed E-state index contributed by atoms with van der Waals surface area (Å²) in [5.41, 5.74) is 0. The summed E-state index contributed by atoms with van der Waals surface area (Å²) in [7, 11) is 0. The Labute approximate surface area is 51.1 Å². The van der Waals surface area contributed by atoms with Gasteiger partial charge in [-0.25, -0.2) is 0 Å². The van der Waals surface area contributed by atoms with Crippen LogP contribution in [0.3, 0.4) is 0 Å². The Morgan fingerprint density at radius 2 is 2.38 bits per heavy atom. The normalized spacial score (nSPS) is 13.2. The maximum absolute atomic E-state index is 9.95. The Bertz CT molecular complexity index is 59.4. The average molecular weight is 113 g/mol. The maximum atomic E-state index is 9.95. The summed E-state index contributed by atoms with van der Waals surface area (Å²) in [6.07, 6.45) is 4.13. The van der Waals surface area contributed by atoms with Crippen LogP contribution in [0.1, 0.15) is 26.2 Å². The first kappa shape index (κ1) is 7.67. The average Bonchev–Trinajstić information content (AvgIpc) is 1.83. The predicted molar refractivity (Wildman–Crippen MR) is 34.4 cm³/mol. The third kappa shape index (κ3) is 3.85. The second-order valence-corrected chi connectivity index (χ2v) is 2.04. The van der Waals surface area contributed by atoms with Crippen LogP contribution in [0.4, 0.5) is 0 Å². The van der Waals surface area contributed by atoms with Crippen molar-refractivity contribution >= 4 is 6.29 Å². The fourth-order valence-electron chi connectivity index (χ4n) is 0.534. The molecule has 1 atom stereocenters. The van der Waals surface area contributed by atoms with Crippen LogP contribution in [0, 0.1) is 12.8 Å². The van der Waals surface area contributed by atoms with Crippen LogP contribution < -0.4 is 0 Å². The molecule has 0 aromatic carbocycles. The monoisotopic (exact) mass is 113 g/mol. The zero-order chi connectivity index (χ0) is 6.41. The van der Waals surface area contributed by atoms with Gasteiger partial charge in [-0.1, -0.05) is 19.8 Å². The Hall–Kier alpha value is -0.330. The Balaban J connectivity index is 2.98. The van der Waals surface area contributed by atoms with Gasteiger partial charge in [-0.05, 0) is 13.3 Å². The molecule has 0 saturated heterocycles. The van der Waals surface area contributed by atoms with Gasteiger partial charge in [0.25, 0.3) is 0 Å². The first-order valence-corrected chi connectivity index (χ1v) is 3.09. The molecule has 1 unspecified atom stereocenters. The summed E-state index contributed by atoms with van der Waals surface area (Å²) < 4.78 is 0. The van der Waals surface area contributed by atoms with Crippen LogP contribution in [0.25, 0.3) is 0 Å². The number of hydrogen-bond acceptors (Lipinski definition) is 1. The van der Waals surface area contributed by atoms with Crippen LogP contribution in [-0.2, 0) is 4.79 Å². The van der Waals surface area contributed by atoms with Crippen molar-refractivity contribution in [2.45, 2.75) is 26.2 Å². The predicted octanol–water partition coefficient (Wildman–Crippen LogP) is 1.83. The lowest BCUT2D eigenvalue weighted by atomic mass is 10.1. The van der Waals surface area contributed by atoms with E-state index in [1.165, 1.54) is 0 Å². The summed E-state index contributed by atoms with van der Waals surface area (Å²) in [5.74, 6) is 0.0231. The molecule has 1 nitrogen and oxygen atoms in total. The first-order valence-electron chi connectivity index (χ1n) is 3.09. The van der Waals surface area contributed by atoms with E-state index in [0.29, 0.717) is 0 Å². The molecule has 0 N–H and O–H groups in total. The van der Waals surface area contributed by atoms with E-state index in [9.17, 15) is 4.79 Å². The lowest BCUT2D eigenvalue weighted by molar-refractivity contribution is -0.110. The second-order valence-electron chi connectivity index (χ2n) is 2.04. The molecule has 1 radical (unpaired) electrons. The molecule has 0 heterocycles. The number of carbonyl (C=O) groups is 1. The van der Waals surface area contributed by atoms with Gasteiger partial charge in [0.05, 0.1) is 0 Å². The lowest BCUT2D eigenvalue weighted by Crippen LogP contribution is -1.94. The largest absolute Gasteiger partial charge is 0.303 e. The zero-order valence-corrected chi connectivity index (χ0v) is 5.39. The maximum Gasteiger partial charge on any atom is 0.123 e. The van der Waals surface area contributed by atoms with E-state index in [0.717, 1.165) is 25.5 Å². The fourth-order valence-corrected chi connectivity index (χ4v) is 0.534. The van der Waals surface area contributed by atoms with E-state index in [1.807, 2.05) is 0 Å². The topological polar surface area (TPSA) is 17.1 Å². The van der Waals surface area contributed by atoms with Crippen molar-refractivity contribution in [1.29, 1.82) is 0 Å². The number of hydrogen-bond donors (Lipinski definition) is 0.